The molecule has 122 valence electrons. The molecular weight excluding hydrogens is 258 g/mol. The van der Waals surface area contributed by atoms with Gasteiger partial charge in [-0.25, -0.2) is 0 Å². The summed E-state index contributed by atoms with van der Waals surface area (Å²) in [6.07, 6.45) is 10.3. The number of hydrogen-bond acceptors (Lipinski definition) is 2. The van der Waals surface area contributed by atoms with Crippen molar-refractivity contribution in [1.29, 1.82) is 0 Å². The van der Waals surface area contributed by atoms with Crippen LogP contribution in [0, 0.1) is 29.1 Å². The number of nitrogens with one attached hydrogen (secondary N) is 1. The molecule has 1 N–H and O–H groups in total. The summed E-state index contributed by atoms with van der Waals surface area (Å²) in [6, 6.07) is 0.680. The monoisotopic (exact) mass is 293 g/mol. The zero-order valence-corrected chi connectivity index (χ0v) is 14.4. The van der Waals surface area contributed by atoms with Crippen molar-refractivity contribution in [3.05, 3.63) is 0 Å². The SMILES string of the molecule is CC(C)CCOCCNC(C)C12CC3CC(CC(C3)C1)C2. The molecule has 4 rings (SSSR count). The second-order valence-corrected chi connectivity index (χ2v) is 8.75. The highest BCUT2D eigenvalue weighted by Crippen LogP contribution is 2.61. The molecule has 21 heavy (non-hydrogen) atoms. The van der Waals surface area contributed by atoms with Crippen LogP contribution in [0.4, 0.5) is 0 Å². The second-order valence-electron chi connectivity index (χ2n) is 8.75. The molecule has 0 heterocycles. The van der Waals surface area contributed by atoms with Crippen molar-refractivity contribution < 1.29 is 4.74 Å². The molecule has 0 aromatic rings. The number of rotatable bonds is 8. The van der Waals surface area contributed by atoms with Crippen molar-refractivity contribution in [2.45, 2.75) is 71.8 Å². The summed E-state index contributed by atoms with van der Waals surface area (Å²) < 4.78 is 5.75. The fraction of sp³-hybridized carbons (Fsp3) is 1.00. The topological polar surface area (TPSA) is 21.3 Å². The third-order valence-electron chi connectivity index (χ3n) is 6.54. The normalized spacial score (nSPS) is 39.1. The van der Waals surface area contributed by atoms with Crippen molar-refractivity contribution in [2.24, 2.45) is 29.1 Å². The fourth-order valence-electron chi connectivity index (χ4n) is 5.69. The Morgan fingerprint density at radius 3 is 2.05 bits per heavy atom. The van der Waals surface area contributed by atoms with Gasteiger partial charge in [-0.2, -0.15) is 0 Å². The quantitative estimate of drug-likeness (QED) is 0.676. The standard InChI is InChI=1S/C19H35NO/c1-14(2)4-6-21-7-5-20-15(3)19-11-16-8-17(12-19)10-18(9-16)13-19/h14-18,20H,4-13H2,1-3H3. The molecule has 4 bridgehead atoms. The summed E-state index contributed by atoms with van der Waals surface area (Å²) in [6.45, 7) is 9.80. The summed E-state index contributed by atoms with van der Waals surface area (Å²) in [7, 11) is 0. The predicted octanol–water partition coefficient (Wildman–Crippen LogP) is 4.24. The molecule has 0 aromatic heterocycles. The molecule has 2 nitrogen and oxygen atoms in total. The Labute approximate surface area is 131 Å². The Morgan fingerprint density at radius 1 is 0.952 bits per heavy atom. The largest absolute Gasteiger partial charge is 0.380 e. The van der Waals surface area contributed by atoms with Gasteiger partial charge in [-0.05, 0) is 81.0 Å². The Morgan fingerprint density at radius 2 is 1.52 bits per heavy atom. The van der Waals surface area contributed by atoms with Crippen LogP contribution >= 0.6 is 0 Å². The van der Waals surface area contributed by atoms with Crippen LogP contribution in [0.1, 0.15) is 65.7 Å². The molecule has 0 amide bonds. The van der Waals surface area contributed by atoms with Crippen molar-refractivity contribution >= 4 is 0 Å². The van der Waals surface area contributed by atoms with Gasteiger partial charge in [0.1, 0.15) is 0 Å². The molecule has 0 aromatic carbocycles. The lowest BCUT2D eigenvalue weighted by Crippen LogP contribution is -2.55. The Balaban J connectivity index is 1.40. The van der Waals surface area contributed by atoms with Gasteiger partial charge in [0, 0.05) is 19.2 Å². The molecule has 4 aliphatic rings. The van der Waals surface area contributed by atoms with Crippen LogP contribution < -0.4 is 5.32 Å². The van der Waals surface area contributed by atoms with Crippen LogP contribution in [0.25, 0.3) is 0 Å². The zero-order chi connectivity index (χ0) is 14.9. The van der Waals surface area contributed by atoms with Gasteiger partial charge in [0.25, 0.3) is 0 Å². The first-order chi connectivity index (χ1) is 10.1. The molecular formula is C19H35NO. The maximum absolute atomic E-state index is 5.75. The molecule has 4 fully saturated rings. The Bertz CT molecular complexity index is 303. The van der Waals surface area contributed by atoms with Crippen LogP contribution in [0.15, 0.2) is 0 Å². The lowest BCUT2D eigenvalue weighted by Gasteiger charge is -2.59. The first kappa shape index (κ1) is 15.8. The lowest BCUT2D eigenvalue weighted by molar-refractivity contribution is -0.0710. The average molecular weight is 293 g/mol. The van der Waals surface area contributed by atoms with E-state index in [1.807, 2.05) is 0 Å². The van der Waals surface area contributed by atoms with E-state index in [2.05, 4.69) is 26.1 Å². The fourth-order valence-corrected chi connectivity index (χ4v) is 5.69. The molecule has 4 saturated carbocycles. The van der Waals surface area contributed by atoms with Crippen molar-refractivity contribution in [3.63, 3.8) is 0 Å². The summed E-state index contributed by atoms with van der Waals surface area (Å²) in [4.78, 5) is 0. The average Bonchev–Trinajstić information content (AvgIpc) is 2.40. The van der Waals surface area contributed by atoms with E-state index in [0.717, 1.165) is 43.4 Å². The van der Waals surface area contributed by atoms with Crippen LogP contribution in [0.2, 0.25) is 0 Å². The number of ether oxygens (including phenoxy) is 1. The van der Waals surface area contributed by atoms with Crippen molar-refractivity contribution in [1.82, 2.24) is 5.32 Å². The van der Waals surface area contributed by atoms with Gasteiger partial charge < -0.3 is 10.1 Å². The summed E-state index contributed by atoms with van der Waals surface area (Å²) in [5, 5.41) is 3.80. The van der Waals surface area contributed by atoms with Crippen LogP contribution in [-0.4, -0.2) is 25.8 Å². The lowest BCUT2D eigenvalue weighted by atomic mass is 9.48. The minimum atomic E-state index is 0.632. The first-order valence-corrected chi connectivity index (χ1v) is 9.38. The summed E-state index contributed by atoms with van der Waals surface area (Å²) in [5.74, 6) is 3.93. The minimum Gasteiger partial charge on any atom is -0.380 e. The third kappa shape index (κ3) is 3.64. The third-order valence-corrected chi connectivity index (χ3v) is 6.54. The van der Waals surface area contributed by atoms with Crippen LogP contribution in [0.3, 0.4) is 0 Å². The first-order valence-electron chi connectivity index (χ1n) is 9.38. The van der Waals surface area contributed by atoms with Crippen LogP contribution in [-0.2, 0) is 4.74 Å². The minimum absolute atomic E-state index is 0.632. The van der Waals surface area contributed by atoms with E-state index < -0.39 is 0 Å². The van der Waals surface area contributed by atoms with Crippen LogP contribution in [0.5, 0.6) is 0 Å². The molecule has 4 aliphatic carbocycles. The Hall–Kier alpha value is -0.0800. The smallest absolute Gasteiger partial charge is 0.0591 e. The molecule has 0 spiro atoms. The van der Waals surface area contributed by atoms with Gasteiger partial charge in [-0.1, -0.05) is 13.8 Å². The van der Waals surface area contributed by atoms with E-state index >= 15 is 0 Å². The van der Waals surface area contributed by atoms with Gasteiger partial charge in [0.2, 0.25) is 0 Å². The predicted molar refractivity (Wildman–Crippen MR) is 88.3 cm³/mol. The Kier molecular flexibility index (Phi) is 4.95. The number of hydrogen-bond donors (Lipinski definition) is 1. The van der Waals surface area contributed by atoms with Gasteiger partial charge in [0.05, 0.1) is 6.61 Å². The van der Waals surface area contributed by atoms with Gasteiger partial charge >= 0.3 is 0 Å². The summed E-state index contributed by atoms with van der Waals surface area (Å²) in [5.41, 5.74) is 0.632. The highest BCUT2D eigenvalue weighted by molar-refractivity contribution is 5.05. The molecule has 1 atom stereocenters. The maximum atomic E-state index is 5.75. The summed E-state index contributed by atoms with van der Waals surface area (Å²) >= 11 is 0. The zero-order valence-electron chi connectivity index (χ0n) is 14.4. The van der Waals surface area contributed by atoms with E-state index in [-0.39, 0.29) is 0 Å². The highest BCUT2D eigenvalue weighted by Gasteiger charge is 2.52. The second kappa shape index (κ2) is 6.58. The molecule has 2 heteroatoms. The molecule has 0 radical (unpaired) electrons. The van der Waals surface area contributed by atoms with E-state index in [4.69, 9.17) is 4.74 Å². The van der Waals surface area contributed by atoms with Gasteiger partial charge in [-0.3, -0.25) is 0 Å². The van der Waals surface area contributed by atoms with E-state index in [0.29, 0.717) is 11.5 Å². The van der Waals surface area contributed by atoms with E-state index in [9.17, 15) is 0 Å². The maximum Gasteiger partial charge on any atom is 0.0591 e. The molecule has 1 unspecified atom stereocenters. The van der Waals surface area contributed by atoms with Gasteiger partial charge in [-0.15, -0.1) is 0 Å². The molecule has 0 aliphatic heterocycles. The van der Waals surface area contributed by atoms with Crippen molar-refractivity contribution in [2.75, 3.05) is 19.8 Å². The molecule has 0 saturated heterocycles. The van der Waals surface area contributed by atoms with E-state index in [1.165, 1.54) is 25.7 Å². The van der Waals surface area contributed by atoms with E-state index in [1.54, 1.807) is 19.3 Å². The van der Waals surface area contributed by atoms with Gasteiger partial charge in [0.15, 0.2) is 0 Å². The van der Waals surface area contributed by atoms with Crippen molar-refractivity contribution in [3.8, 4) is 0 Å². The highest BCUT2D eigenvalue weighted by atomic mass is 16.5.